The van der Waals surface area contributed by atoms with E-state index < -0.39 is 32.7 Å². The third-order valence-electron chi connectivity index (χ3n) is 4.52. The molecule has 11 heteroatoms. The van der Waals surface area contributed by atoms with Gasteiger partial charge in [-0.3, -0.25) is 0 Å². The van der Waals surface area contributed by atoms with E-state index in [2.05, 4.69) is 10.1 Å². The second kappa shape index (κ2) is 7.77. The van der Waals surface area contributed by atoms with Crippen LogP contribution in [0.15, 0.2) is 60.0 Å². The molecule has 1 aromatic heterocycles. The Hall–Kier alpha value is -2.43. The van der Waals surface area contributed by atoms with E-state index in [4.69, 9.17) is 11.6 Å². The summed E-state index contributed by atoms with van der Waals surface area (Å²) in [6.07, 6.45) is -1.78. The van der Waals surface area contributed by atoms with Crippen molar-refractivity contribution in [2.75, 3.05) is 7.05 Å². The first-order valence-corrected chi connectivity index (χ1v) is 10.1. The van der Waals surface area contributed by atoms with E-state index in [-0.39, 0.29) is 5.02 Å². The molecule has 0 bridgehead atoms. The predicted octanol–water partition coefficient (Wildman–Crippen LogP) is 4.32. The normalized spacial score (nSPS) is 13.6. The quantitative estimate of drug-likeness (QED) is 0.587. The zero-order valence-electron chi connectivity index (χ0n) is 15.3. The maximum absolute atomic E-state index is 13.0. The Morgan fingerprint density at radius 2 is 1.79 bits per heavy atom. The average molecular weight is 445 g/mol. The molecule has 0 spiro atoms. The molecule has 0 radical (unpaired) electrons. The summed E-state index contributed by atoms with van der Waals surface area (Å²) in [5.74, 6) is 0. The predicted molar refractivity (Wildman–Crippen MR) is 101 cm³/mol. The summed E-state index contributed by atoms with van der Waals surface area (Å²) in [4.78, 5) is 3.26. The van der Waals surface area contributed by atoms with Crippen molar-refractivity contribution in [3.8, 4) is 5.69 Å². The van der Waals surface area contributed by atoms with Gasteiger partial charge in [-0.25, -0.2) is 18.1 Å². The second-order valence-corrected chi connectivity index (χ2v) is 8.64. The Labute approximate surface area is 170 Å². The van der Waals surface area contributed by atoms with Crippen LogP contribution in [0, 0.1) is 0 Å². The minimum atomic E-state index is -4.68. The summed E-state index contributed by atoms with van der Waals surface area (Å²) in [6, 6.07) is 8.46. The minimum Gasteiger partial charge on any atom is -0.223 e. The monoisotopic (exact) mass is 444 g/mol. The first-order valence-electron chi connectivity index (χ1n) is 8.31. The molecule has 0 aliphatic rings. The van der Waals surface area contributed by atoms with Crippen molar-refractivity contribution in [2.45, 2.75) is 24.0 Å². The van der Waals surface area contributed by atoms with Crippen molar-refractivity contribution >= 4 is 21.6 Å². The molecule has 0 fully saturated rings. The summed E-state index contributed by atoms with van der Waals surface area (Å²) in [5.41, 5.74) is 0.284. The van der Waals surface area contributed by atoms with Crippen LogP contribution in [0.25, 0.3) is 5.69 Å². The van der Waals surface area contributed by atoms with Gasteiger partial charge in [0.2, 0.25) is 10.0 Å². The lowest BCUT2D eigenvalue weighted by molar-refractivity contribution is -0.137. The molecule has 6 nitrogen and oxygen atoms in total. The van der Waals surface area contributed by atoms with E-state index in [1.807, 2.05) is 0 Å². The van der Waals surface area contributed by atoms with Gasteiger partial charge in [0.15, 0.2) is 0 Å². The average Bonchev–Trinajstić information content (AvgIpc) is 3.21. The Balaban J connectivity index is 1.91. The molecule has 29 heavy (non-hydrogen) atoms. The zero-order chi connectivity index (χ0) is 21.4. The maximum Gasteiger partial charge on any atom is 0.416 e. The van der Waals surface area contributed by atoms with E-state index in [9.17, 15) is 21.6 Å². The van der Waals surface area contributed by atoms with Crippen molar-refractivity contribution in [2.24, 2.45) is 0 Å². The number of sulfonamides is 1. The van der Waals surface area contributed by atoms with Crippen molar-refractivity contribution in [1.82, 2.24) is 19.1 Å². The van der Waals surface area contributed by atoms with Crippen molar-refractivity contribution < 1.29 is 21.6 Å². The minimum absolute atomic E-state index is 0.279. The van der Waals surface area contributed by atoms with Crippen LogP contribution in [0.1, 0.15) is 24.1 Å². The van der Waals surface area contributed by atoms with E-state index in [0.29, 0.717) is 11.6 Å². The smallest absolute Gasteiger partial charge is 0.223 e. The molecule has 0 saturated heterocycles. The van der Waals surface area contributed by atoms with Gasteiger partial charge in [0.1, 0.15) is 17.6 Å². The van der Waals surface area contributed by atoms with E-state index in [0.717, 1.165) is 22.1 Å². The number of nitrogens with zero attached hydrogens (tertiary/aromatic N) is 4. The largest absolute Gasteiger partial charge is 0.416 e. The number of hydrogen-bond acceptors (Lipinski definition) is 4. The number of rotatable bonds is 5. The van der Waals surface area contributed by atoms with Crippen molar-refractivity contribution in [3.63, 3.8) is 0 Å². The molecule has 0 amide bonds. The van der Waals surface area contributed by atoms with Crippen LogP contribution in [0.3, 0.4) is 0 Å². The fraction of sp³-hybridized carbons (Fsp3) is 0.222. The summed E-state index contributed by atoms with van der Waals surface area (Å²) in [7, 11) is -2.99. The Kier molecular flexibility index (Phi) is 5.70. The fourth-order valence-electron chi connectivity index (χ4n) is 2.70. The second-order valence-electron chi connectivity index (χ2n) is 6.27. The van der Waals surface area contributed by atoms with Crippen molar-refractivity contribution in [3.05, 3.63) is 71.3 Å². The number of aromatic nitrogens is 3. The highest BCUT2D eigenvalue weighted by Gasteiger charge is 2.34. The molecule has 0 saturated carbocycles. The summed E-state index contributed by atoms with van der Waals surface area (Å²) >= 11 is 5.91. The first kappa shape index (κ1) is 21.3. The molecule has 1 atom stereocenters. The standard InChI is InChI=1S/C18H16ClF3N4O2S/c1-12(13-3-6-15(7-4-13)26-11-23-10-24-26)25(2)29(27,28)17-9-14(18(20,21)22)5-8-16(17)19/h3-12H,1-2H3/t12-/m1/s1. The summed E-state index contributed by atoms with van der Waals surface area (Å²) < 4.78 is 67.4. The van der Waals surface area contributed by atoms with Gasteiger partial charge in [0.25, 0.3) is 0 Å². The van der Waals surface area contributed by atoms with E-state index >= 15 is 0 Å². The molecule has 0 aliphatic carbocycles. The van der Waals surface area contributed by atoms with Crippen LogP contribution in [0.5, 0.6) is 0 Å². The van der Waals surface area contributed by atoms with Gasteiger partial charge in [-0.2, -0.15) is 22.6 Å². The number of hydrogen-bond donors (Lipinski definition) is 0. The Morgan fingerprint density at radius 3 is 2.34 bits per heavy atom. The third-order valence-corrected chi connectivity index (χ3v) is 6.93. The Bertz CT molecular complexity index is 1100. The summed E-state index contributed by atoms with van der Waals surface area (Å²) in [6.45, 7) is 1.63. The van der Waals surface area contributed by atoms with Crippen LogP contribution in [0.2, 0.25) is 5.02 Å². The highest BCUT2D eigenvalue weighted by atomic mass is 35.5. The van der Waals surface area contributed by atoms with Gasteiger partial charge < -0.3 is 0 Å². The number of alkyl halides is 3. The van der Waals surface area contributed by atoms with Gasteiger partial charge in [-0.05, 0) is 42.8 Å². The SMILES string of the molecule is C[C@H](c1ccc(-n2cncn2)cc1)N(C)S(=O)(=O)c1cc(C(F)(F)F)ccc1Cl. The molecule has 0 N–H and O–H groups in total. The lowest BCUT2D eigenvalue weighted by Crippen LogP contribution is -2.30. The lowest BCUT2D eigenvalue weighted by Gasteiger charge is -2.25. The summed E-state index contributed by atoms with van der Waals surface area (Å²) in [5, 5.41) is 3.73. The van der Waals surface area contributed by atoms with Gasteiger partial charge in [0.05, 0.1) is 16.3 Å². The molecule has 154 valence electrons. The topological polar surface area (TPSA) is 68.1 Å². The van der Waals surface area contributed by atoms with E-state index in [1.165, 1.54) is 24.4 Å². The van der Waals surface area contributed by atoms with E-state index in [1.54, 1.807) is 31.2 Å². The van der Waals surface area contributed by atoms with Gasteiger partial charge in [-0.15, -0.1) is 0 Å². The highest BCUT2D eigenvalue weighted by Crippen LogP contribution is 2.35. The van der Waals surface area contributed by atoms with Gasteiger partial charge in [0, 0.05) is 13.1 Å². The first-order chi connectivity index (χ1) is 13.5. The number of halogens is 4. The van der Waals surface area contributed by atoms with Gasteiger partial charge in [-0.1, -0.05) is 23.7 Å². The molecule has 3 aromatic rings. The fourth-order valence-corrected chi connectivity index (χ4v) is 4.55. The Morgan fingerprint density at radius 1 is 1.14 bits per heavy atom. The van der Waals surface area contributed by atoms with Crippen LogP contribution in [-0.4, -0.2) is 34.5 Å². The third kappa shape index (κ3) is 4.29. The zero-order valence-corrected chi connectivity index (χ0v) is 16.9. The molecular formula is C18H16ClF3N4O2S. The van der Waals surface area contributed by atoms with Crippen LogP contribution in [0.4, 0.5) is 13.2 Å². The van der Waals surface area contributed by atoms with Gasteiger partial charge >= 0.3 is 6.18 Å². The van der Waals surface area contributed by atoms with Crippen LogP contribution >= 0.6 is 11.6 Å². The molecule has 3 rings (SSSR count). The maximum atomic E-state index is 13.0. The van der Waals surface area contributed by atoms with Crippen LogP contribution in [-0.2, 0) is 16.2 Å². The molecular weight excluding hydrogens is 429 g/mol. The van der Waals surface area contributed by atoms with Crippen molar-refractivity contribution in [1.29, 1.82) is 0 Å². The lowest BCUT2D eigenvalue weighted by atomic mass is 10.1. The van der Waals surface area contributed by atoms with Crippen LogP contribution < -0.4 is 0 Å². The highest BCUT2D eigenvalue weighted by molar-refractivity contribution is 7.89. The molecule has 1 heterocycles. The molecule has 0 aliphatic heterocycles. The molecule has 2 aromatic carbocycles. The number of benzene rings is 2. The molecule has 0 unspecified atom stereocenters.